The Morgan fingerprint density at radius 2 is 1.73 bits per heavy atom. The molecule has 2 saturated carbocycles. The maximum Gasteiger partial charge on any atom is 0.408 e. The second kappa shape index (κ2) is 5.56. The van der Waals surface area contributed by atoms with Crippen LogP contribution < -0.4 is 5.32 Å². The molecule has 0 spiro atoms. The molecule has 0 saturated heterocycles. The minimum absolute atomic E-state index is 0.159. The lowest BCUT2D eigenvalue weighted by molar-refractivity contribution is -0.124. The van der Waals surface area contributed by atoms with Gasteiger partial charge in [-0.05, 0) is 46.5 Å². The molecule has 1 unspecified atom stereocenters. The Bertz CT molecular complexity index is 478. The zero-order valence-electron chi connectivity index (χ0n) is 13.2. The van der Waals surface area contributed by atoms with Gasteiger partial charge in [-0.15, -0.1) is 0 Å². The van der Waals surface area contributed by atoms with Gasteiger partial charge in [0.1, 0.15) is 11.1 Å². The van der Waals surface area contributed by atoms with Crippen LogP contribution in [-0.2, 0) is 9.53 Å². The van der Waals surface area contributed by atoms with Crippen LogP contribution in [0.25, 0.3) is 0 Å². The van der Waals surface area contributed by atoms with Crippen LogP contribution in [0.5, 0.6) is 0 Å². The molecule has 22 heavy (non-hydrogen) atoms. The first-order chi connectivity index (χ1) is 9.91. The third-order valence-electron chi connectivity index (χ3n) is 4.72. The molecule has 0 aliphatic heterocycles. The molecule has 2 aliphatic rings. The molecule has 126 valence electrons. The monoisotopic (exact) mass is 429 g/mol. The number of carbonyl (C=O) groups excluding carboxylic acids is 2. The lowest BCUT2D eigenvalue weighted by Crippen LogP contribution is -2.58. The van der Waals surface area contributed by atoms with Crippen LogP contribution >= 0.6 is 22.6 Å². The molecule has 0 aromatic heterocycles. The largest absolute Gasteiger partial charge is 0.444 e. The highest BCUT2D eigenvalue weighted by Crippen LogP contribution is 2.67. The molecule has 2 rings (SSSR count). The second-order valence-electron chi connectivity index (χ2n) is 7.44. The predicted octanol–water partition coefficient (Wildman–Crippen LogP) is 3.57. The number of ether oxygens (including phenoxy) is 1. The van der Waals surface area contributed by atoms with Gasteiger partial charge in [-0.25, -0.2) is 13.6 Å². The molecule has 0 radical (unpaired) electrons. The van der Waals surface area contributed by atoms with E-state index in [9.17, 15) is 18.4 Å². The molecule has 2 fully saturated rings. The molecule has 4 nitrogen and oxygen atoms in total. The number of carbonyl (C=O) groups is 2. The van der Waals surface area contributed by atoms with Crippen molar-refractivity contribution >= 4 is 34.5 Å². The fourth-order valence-corrected chi connectivity index (χ4v) is 4.13. The summed E-state index contributed by atoms with van der Waals surface area (Å²) in [6.07, 6.45) is -0.140. The standard InChI is InChI=1S/C15H22F2INO3/c1-13(2,3)22-12(21)19-14(4,11(20)7-18)8-5-9-10(6-8)15(9,16)17/h8-10H,5-7H2,1-4H3,(H,19,21)/t8?,9-,10+,14-/m1/s1. The molecule has 7 heteroatoms. The molecule has 0 bridgehead atoms. The molecule has 0 heterocycles. The van der Waals surface area contributed by atoms with Gasteiger partial charge < -0.3 is 10.1 Å². The summed E-state index contributed by atoms with van der Waals surface area (Å²) >= 11 is 1.93. The smallest absolute Gasteiger partial charge is 0.408 e. The van der Waals surface area contributed by atoms with Gasteiger partial charge in [0.05, 0.1) is 4.43 Å². The summed E-state index contributed by atoms with van der Waals surface area (Å²) in [6, 6.07) is 0. The average Bonchev–Trinajstić information content (AvgIpc) is 2.78. The highest BCUT2D eigenvalue weighted by atomic mass is 127. The minimum atomic E-state index is -2.59. The normalized spacial score (nSPS) is 31.9. The van der Waals surface area contributed by atoms with E-state index in [2.05, 4.69) is 5.32 Å². The zero-order chi connectivity index (χ0) is 16.9. The first-order valence-electron chi connectivity index (χ1n) is 7.40. The third-order valence-corrected chi connectivity index (χ3v) is 5.41. The number of hydrogen-bond acceptors (Lipinski definition) is 3. The highest BCUT2D eigenvalue weighted by molar-refractivity contribution is 14.1. The first-order valence-corrected chi connectivity index (χ1v) is 8.92. The number of ketones is 1. The van der Waals surface area contributed by atoms with Crippen molar-refractivity contribution in [3.05, 3.63) is 0 Å². The number of hydrogen-bond donors (Lipinski definition) is 1. The van der Waals surface area contributed by atoms with Crippen molar-refractivity contribution < 1.29 is 23.1 Å². The maximum absolute atomic E-state index is 13.4. The van der Waals surface area contributed by atoms with Gasteiger partial charge in [-0.2, -0.15) is 0 Å². The van der Waals surface area contributed by atoms with E-state index in [0.29, 0.717) is 0 Å². The van der Waals surface area contributed by atoms with E-state index in [0.717, 1.165) is 0 Å². The Hall–Kier alpha value is -0.470. The SMILES string of the molecule is CC(C)(C)OC(=O)N[C@@](C)(C(=O)CI)C1C[C@@H]2[C@H](C1)C2(F)F. The number of alkyl carbamates (subject to hydrolysis) is 1. The van der Waals surface area contributed by atoms with Crippen molar-refractivity contribution in [3.8, 4) is 0 Å². The van der Waals surface area contributed by atoms with E-state index in [1.165, 1.54) is 0 Å². The number of rotatable bonds is 4. The van der Waals surface area contributed by atoms with Gasteiger partial charge >= 0.3 is 6.09 Å². The fraction of sp³-hybridized carbons (Fsp3) is 0.867. The summed E-state index contributed by atoms with van der Waals surface area (Å²) in [7, 11) is 0. The summed E-state index contributed by atoms with van der Waals surface area (Å²) in [6.45, 7) is 6.83. The van der Waals surface area contributed by atoms with Gasteiger partial charge in [0.2, 0.25) is 0 Å². The molecule has 2 aliphatic carbocycles. The van der Waals surface area contributed by atoms with Crippen LogP contribution in [0, 0.1) is 17.8 Å². The van der Waals surface area contributed by atoms with Gasteiger partial charge in [0.15, 0.2) is 5.78 Å². The summed E-state index contributed by atoms with van der Waals surface area (Å²) in [5.41, 5.74) is -1.82. The number of Topliss-reactive ketones (excluding diaryl/α,β-unsaturated/α-hetero) is 1. The summed E-state index contributed by atoms with van der Waals surface area (Å²) in [5, 5.41) is 2.65. The van der Waals surface area contributed by atoms with Gasteiger partial charge in [-0.3, -0.25) is 4.79 Å². The number of fused-ring (bicyclic) bond motifs is 1. The molecular formula is C15H22F2INO3. The first kappa shape index (κ1) is 17.9. The Balaban J connectivity index is 2.09. The molecule has 1 N–H and O–H groups in total. The zero-order valence-corrected chi connectivity index (χ0v) is 15.4. The molecule has 0 aromatic rings. The van der Waals surface area contributed by atoms with E-state index >= 15 is 0 Å². The number of alkyl halides is 3. The van der Waals surface area contributed by atoms with Crippen molar-refractivity contribution in [2.75, 3.05) is 4.43 Å². The minimum Gasteiger partial charge on any atom is -0.444 e. The van der Waals surface area contributed by atoms with Crippen molar-refractivity contribution in [1.29, 1.82) is 0 Å². The van der Waals surface area contributed by atoms with Crippen LogP contribution in [0.2, 0.25) is 0 Å². The Kier molecular flexibility index (Phi) is 4.52. The lowest BCUT2D eigenvalue weighted by Gasteiger charge is -2.36. The van der Waals surface area contributed by atoms with Gasteiger partial charge in [0.25, 0.3) is 5.92 Å². The molecule has 0 aromatic carbocycles. The average molecular weight is 429 g/mol. The number of nitrogens with one attached hydrogen (secondary N) is 1. The summed E-state index contributed by atoms with van der Waals surface area (Å²) < 4.78 is 32.2. The van der Waals surface area contributed by atoms with E-state index in [1.807, 2.05) is 22.6 Å². The van der Waals surface area contributed by atoms with Crippen molar-refractivity contribution in [2.45, 2.75) is 57.6 Å². The van der Waals surface area contributed by atoms with Crippen molar-refractivity contribution in [2.24, 2.45) is 17.8 Å². The van der Waals surface area contributed by atoms with Crippen LogP contribution in [0.15, 0.2) is 0 Å². The summed E-state index contributed by atoms with van der Waals surface area (Å²) in [5.74, 6) is -4.29. The Labute approximate surface area is 142 Å². The molecule has 1 amide bonds. The fourth-order valence-electron chi connectivity index (χ4n) is 3.34. The number of amides is 1. The Morgan fingerprint density at radius 1 is 1.23 bits per heavy atom. The van der Waals surface area contributed by atoms with E-state index in [1.54, 1.807) is 27.7 Å². The van der Waals surface area contributed by atoms with Crippen LogP contribution in [-0.4, -0.2) is 33.4 Å². The predicted molar refractivity (Wildman–Crippen MR) is 86.3 cm³/mol. The van der Waals surface area contributed by atoms with Crippen LogP contribution in [0.1, 0.15) is 40.5 Å². The van der Waals surface area contributed by atoms with Crippen LogP contribution in [0.3, 0.4) is 0 Å². The quantitative estimate of drug-likeness (QED) is 0.550. The highest BCUT2D eigenvalue weighted by Gasteiger charge is 2.73. The molecule has 4 atom stereocenters. The number of halogens is 3. The van der Waals surface area contributed by atoms with Crippen molar-refractivity contribution in [3.63, 3.8) is 0 Å². The molecular weight excluding hydrogens is 407 g/mol. The third kappa shape index (κ3) is 3.23. The van der Waals surface area contributed by atoms with E-state index in [-0.39, 0.29) is 29.0 Å². The van der Waals surface area contributed by atoms with E-state index < -0.39 is 35.0 Å². The topological polar surface area (TPSA) is 55.4 Å². The Morgan fingerprint density at radius 3 is 2.14 bits per heavy atom. The van der Waals surface area contributed by atoms with Crippen LogP contribution in [0.4, 0.5) is 13.6 Å². The van der Waals surface area contributed by atoms with Crippen molar-refractivity contribution in [1.82, 2.24) is 5.32 Å². The van der Waals surface area contributed by atoms with Gasteiger partial charge in [-0.1, -0.05) is 22.6 Å². The van der Waals surface area contributed by atoms with E-state index in [4.69, 9.17) is 4.74 Å². The second-order valence-corrected chi connectivity index (χ2v) is 8.20. The maximum atomic E-state index is 13.4. The summed E-state index contributed by atoms with van der Waals surface area (Å²) in [4.78, 5) is 24.4. The van der Waals surface area contributed by atoms with Gasteiger partial charge in [0, 0.05) is 11.8 Å². The lowest BCUT2D eigenvalue weighted by atomic mass is 9.79.